The van der Waals surface area contributed by atoms with E-state index in [1.165, 1.54) is 40.9 Å². The van der Waals surface area contributed by atoms with Crippen LogP contribution >= 0.6 is 0 Å². The van der Waals surface area contributed by atoms with E-state index in [2.05, 4.69) is 62.0 Å². The molecule has 5 rings (SSSR count). The summed E-state index contributed by atoms with van der Waals surface area (Å²) in [7, 11) is -3.41. The maximum Gasteiger partial charge on any atom is 0.240 e. The van der Waals surface area contributed by atoms with Crippen LogP contribution in [-0.4, -0.2) is 33.4 Å². The molecule has 2 fully saturated rings. The average Bonchev–Trinajstić information content (AvgIpc) is 3.40. The van der Waals surface area contributed by atoms with E-state index in [0.29, 0.717) is 35.2 Å². The number of sulfonamides is 1. The molecule has 2 unspecified atom stereocenters. The van der Waals surface area contributed by atoms with Crippen LogP contribution in [0.15, 0.2) is 70.1 Å². The SMILES string of the molecule is C/C=C(\C)CC.Cc1ccc2c(c1)C1CC(=NCC3CCC(CNS(=O)(=O)c4ccccc4)CC3)NC1CC2. The van der Waals surface area contributed by atoms with Crippen LogP contribution in [0.3, 0.4) is 0 Å². The first-order valence-corrected chi connectivity index (χ1v) is 16.3. The molecule has 2 atom stereocenters. The lowest BCUT2D eigenvalue weighted by Gasteiger charge is -2.28. The second-order valence-corrected chi connectivity index (χ2v) is 13.4. The number of rotatable bonds is 7. The van der Waals surface area contributed by atoms with Crippen LogP contribution in [0.1, 0.15) is 88.3 Å². The van der Waals surface area contributed by atoms with Crippen molar-refractivity contribution in [1.82, 2.24) is 10.0 Å². The van der Waals surface area contributed by atoms with Crippen LogP contribution in [0.4, 0.5) is 0 Å². The molecule has 39 heavy (non-hydrogen) atoms. The van der Waals surface area contributed by atoms with Crippen molar-refractivity contribution in [2.24, 2.45) is 16.8 Å². The Balaban J connectivity index is 0.000000531. The molecule has 6 heteroatoms. The maximum absolute atomic E-state index is 12.5. The van der Waals surface area contributed by atoms with Gasteiger partial charge in [-0.05, 0) is 101 Å². The van der Waals surface area contributed by atoms with Gasteiger partial charge in [0.1, 0.15) is 0 Å². The Morgan fingerprint density at radius 2 is 1.77 bits per heavy atom. The molecule has 3 aliphatic rings. The molecule has 0 aromatic heterocycles. The highest BCUT2D eigenvalue weighted by Gasteiger charge is 2.36. The molecule has 0 spiro atoms. The first kappa shape index (κ1) is 29.5. The average molecular weight is 550 g/mol. The van der Waals surface area contributed by atoms with Crippen molar-refractivity contribution in [3.8, 4) is 0 Å². The van der Waals surface area contributed by atoms with Crippen molar-refractivity contribution in [1.29, 1.82) is 0 Å². The number of allylic oxidation sites excluding steroid dienone is 2. The minimum absolute atomic E-state index is 0.344. The van der Waals surface area contributed by atoms with Crippen LogP contribution < -0.4 is 10.0 Å². The fourth-order valence-corrected chi connectivity index (χ4v) is 7.14. The normalized spacial score (nSPS) is 25.7. The van der Waals surface area contributed by atoms with Crippen LogP contribution in [0.5, 0.6) is 0 Å². The van der Waals surface area contributed by atoms with Crippen LogP contribution in [0, 0.1) is 18.8 Å². The number of nitrogens with one attached hydrogen (secondary N) is 2. The molecule has 2 aromatic carbocycles. The van der Waals surface area contributed by atoms with Gasteiger partial charge in [-0.1, -0.05) is 60.5 Å². The van der Waals surface area contributed by atoms with Crippen molar-refractivity contribution < 1.29 is 8.42 Å². The van der Waals surface area contributed by atoms with Gasteiger partial charge in [0, 0.05) is 31.5 Å². The quantitative estimate of drug-likeness (QED) is 0.368. The van der Waals surface area contributed by atoms with E-state index in [4.69, 9.17) is 4.99 Å². The van der Waals surface area contributed by atoms with E-state index in [1.54, 1.807) is 24.3 Å². The molecule has 1 saturated carbocycles. The van der Waals surface area contributed by atoms with Crippen molar-refractivity contribution in [3.05, 3.63) is 76.9 Å². The Kier molecular flexibility index (Phi) is 10.4. The molecule has 1 heterocycles. The highest BCUT2D eigenvalue weighted by molar-refractivity contribution is 7.89. The monoisotopic (exact) mass is 549 g/mol. The number of fused-ring (bicyclic) bond motifs is 3. The topological polar surface area (TPSA) is 70.6 Å². The highest BCUT2D eigenvalue weighted by Crippen LogP contribution is 2.38. The van der Waals surface area contributed by atoms with Gasteiger partial charge in [-0.25, -0.2) is 13.1 Å². The molecule has 0 amide bonds. The Labute approximate surface area is 236 Å². The van der Waals surface area contributed by atoms with E-state index >= 15 is 0 Å². The number of hydrogen-bond donors (Lipinski definition) is 2. The third kappa shape index (κ3) is 8.04. The van der Waals surface area contributed by atoms with Gasteiger partial charge in [-0.2, -0.15) is 0 Å². The minimum Gasteiger partial charge on any atom is -0.370 e. The summed E-state index contributed by atoms with van der Waals surface area (Å²) in [6.07, 6.45) is 11.1. The summed E-state index contributed by atoms with van der Waals surface area (Å²) >= 11 is 0. The third-order valence-corrected chi connectivity index (χ3v) is 10.3. The largest absolute Gasteiger partial charge is 0.370 e. The number of aryl methyl sites for hydroxylation is 2. The predicted molar refractivity (Wildman–Crippen MR) is 163 cm³/mol. The Morgan fingerprint density at radius 1 is 1.05 bits per heavy atom. The van der Waals surface area contributed by atoms with Gasteiger partial charge >= 0.3 is 0 Å². The molecule has 0 radical (unpaired) electrons. The second kappa shape index (κ2) is 13.8. The molecule has 1 saturated heterocycles. The first-order chi connectivity index (χ1) is 18.8. The first-order valence-electron chi connectivity index (χ1n) is 14.8. The summed E-state index contributed by atoms with van der Waals surface area (Å²) in [4.78, 5) is 5.35. The van der Waals surface area contributed by atoms with Crippen LogP contribution in [0.2, 0.25) is 0 Å². The van der Waals surface area contributed by atoms with E-state index in [9.17, 15) is 8.42 Å². The molecule has 0 bridgehead atoms. The van der Waals surface area contributed by atoms with Crippen molar-refractivity contribution >= 4 is 15.9 Å². The lowest BCUT2D eigenvalue weighted by molar-refractivity contribution is 0.280. The van der Waals surface area contributed by atoms with E-state index in [-0.39, 0.29) is 0 Å². The number of amidine groups is 1. The number of benzene rings is 2. The lowest BCUT2D eigenvalue weighted by atomic mass is 9.79. The molecule has 2 aliphatic carbocycles. The summed E-state index contributed by atoms with van der Waals surface area (Å²) in [5, 5.41) is 3.73. The highest BCUT2D eigenvalue weighted by atomic mass is 32.2. The number of hydrogen-bond acceptors (Lipinski definition) is 3. The zero-order valence-electron chi connectivity index (χ0n) is 24.2. The van der Waals surface area contributed by atoms with Gasteiger partial charge in [0.25, 0.3) is 0 Å². The zero-order valence-corrected chi connectivity index (χ0v) is 25.1. The van der Waals surface area contributed by atoms with Crippen LogP contribution in [-0.2, 0) is 16.4 Å². The molecule has 2 aromatic rings. The Morgan fingerprint density at radius 3 is 2.44 bits per heavy atom. The Bertz CT molecular complexity index is 1240. The van der Waals surface area contributed by atoms with E-state index in [1.807, 2.05) is 6.07 Å². The van der Waals surface area contributed by atoms with Gasteiger partial charge in [0.15, 0.2) is 0 Å². The minimum atomic E-state index is -3.41. The van der Waals surface area contributed by atoms with Gasteiger partial charge in [-0.15, -0.1) is 0 Å². The fourth-order valence-electron chi connectivity index (χ4n) is 6.00. The summed E-state index contributed by atoms with van der Waals surface area (Å²) < 4.78 is 27.7. The molecular weight excluding hydrogens is 502 g/mol. The third-order valence-electron chi connectivity index (χ3n) is 8.85. The standard InChI is InChI=1S/C27H35N3O2S.C6H12/c1-19-7-12-22-13-14-26-25(24(22)15-19)16-27(30-26)28-17-20-8-10-21(11-9-20)18-29-33(31,32)23-5-3-2-4-6-23;1-4-6(3)5-2/h2-7,12,15,20-21,25-26,29H,8-11,13-14,16-18H2,1H3,(H,28,30);4H,5H2,1-3H3/b;6-4+. The van der Waals surface area contributed by atoms with Crippen molar-refractivity contribution in [2.75, 3.05) is 13.1 Å². The molecule has 1 aliphatic heterocycles. The summed E-state index contributed by atoms with van der Waals surface area (Å²) in [6.45, 7) is 9.98. The smallest absolute Gasteiger partial charge is 0.240 e. The van der Waals surface area contributed by atoms with Crippen LogP contribution in [0.25, 0.3) is 0 Å². The molecule has 2 N–H and O–H groups in total. The molecule has 5 nitrogen and oxygen atoms in total. The summed E-state index contributed by atoms with van der Waals surface area (Å²) in [5.41, 5.74) is 5.87. The summed E-state index contributed by atoms with van der Waals surface area (Å²) in [6, 6.07) is 16.1. The van der Waals surface area contributed by atoms with Gasteiger partial charge < -0.3 is 5.32 Å². The fraction of sp³-hybridized carbons (Fsp3) is 0.545. The van der Waals surface area contributed by atoms with Gasteiger partial charge in [0.05, 0.1) is 10.7 Å². The van der Waals surface area contributed by atoms with Gasteiger partial charge in [-0.3, -0.25) is 4.99 Å². The second-order valence-electron chi connectivity index (χ2n) is 11.6. The van der Waals surface area contributed by atoms with Gasteiger partial charge in [0.2, 0.25) is 10.0 Å². The van der Waals surface area contributed by atoms with E-state index in [0.717, 1.165) is 45.1 Å². The molecular formula is C33H47N3O2S. The number of nitrogens with zero attached hydrogens (tertiary/aromatic N) is 1. The lowest BCUT2D eigenvalue weighted by Crippen LogP contribution is -2.32. The van der Waals surface area contributed by atoms with E-state index < -0.39 is 10.0 Å². The van der Waals surface area contributed by atoms with Crippen molar-refractivity contribution in [3.63, 3.8) is 0 Å². The Hall–Kier alpha value is -2.44. The predicted octanol–water partition coefficient (Wildman–Crippen LogP) is 6.93. The zero-order chi connectivity index (χ0) is 27.8. The summed E-state index contributed by atoms with van der Waals surface area (Å²) in [5.74, 6) is 2.79. The maximum atomic E-state index is 12.5. The molecule has 212 valence electrons. The van der Waals surface area contributed by atoms with Crippen molar-refractivity contribution in [2.45, 2.75) is 95.9 Å². The number of aliphatic imine (C=N–C) groups is 1.